The van der Waals surface area contributed by atoms with E-state index in [1.807, 2.05) is 4.90 Å². The maximum absolute atomic E-state index is 13.1. The van der Waals surface area contributed by atoms with Crippen molar-refractivity contribution < 1.29 is 17.9 Å². The number of likely N-dealkylation sites (tertiary alicyclic amines) is 1. The molecule has 6 nitrogen and oxygen atoms in total. The first-order valence-electron chi connectivity index (χ1n) is 8.35. The van der Waals surface area contributed by atoms with Gasteiger partial charge in [0.15, 0.2) is 0 Å². The molecule has 0 aromatic rings. The normalized spacial score (nSPS) is 32.0. The first kappa shape index (κ1) is 16.2. The zero-order chi connectivity index (χ0) is 15.8. The summed E-state index contributed by atoms with van der Waals surface area (Å²) in [6.07, 6.45) is 4.27. The summed E-state index contributed by atoms with van der Waals surface area (Å²) in [5, 5.41) is 0. The van der Waals surface area contributed by atoms with Gasteiger partial charge < -0.3 is 9.64 Å². The molecule has 3 saturated heterocycles. The average molecular weight is 330 g/mol. The van der Waals surface area contributed by atoms with Crippen LogP contribution in [0.1, 0.15) is 39.0 Å². The van der Waals surface area contributed by atoms with E-state index in [2.05, 4.69) is 0 Å². The van der Waals surface area contributed by atoms with Gasteiger partial charge in [-0.1, -0.05) is 0 Å². The van der Waals surface area contributed by atoms with Crippen LogP contribution >= 0.6 is 0 Å². The molecule has 0 aromatic carbocycles. The molecule has 0 aliphatic carbocycles. The molecule has 0 radical (unpaired) electrons. The highest BCUT2D eigenvalue weighted by molar-refractivity contribution is 7.89. The number of amides is 1. The molecule has 0 bridgehead atoms. The fourth-order valence-corrected chi connectivity index (χ4v) is 5.26. The van der Waals surface area contributed by atoms with E-state index < -0.39 is 15.4 Å². The Labute approximate surface area is 132 Å². The highest BCUT2D eigenvalue weighted by atomic mass is 32.2. The Bertz CT molecular complexity index is 530. The number of rotatable bonds is 3. The Hall–Kier alpha value is -0.660. The van der Waals surface area contributed by atoms with Crippen LogP contribution in [0.4, 0.5) is 0 Å². The number of hydrogen-bond donors (Lipinski definition) is 0. The van der Waals surface area contributed by atoms with Crippen molar-refractivity contribution in [3.05, 3.63) is 0 Å². The van der Waals surface area contributed by atoms with Gasteiger partial charge in [0, 0.05) is 38.9 Å². The molecule has 1 spiro atoms. The summed E-state index contributed by atoms with van der Waals surface area (Å²) in [7, 11) is -3.20. The Morgan fingerprint density at radius 1 is 1.23 bits per heavy atom. The van der Waals surface area contributed by atoms with E-state index in [4.69, 9.17) is 4.74 Å². The minimum absolute atomic E-state index is 0.112. The van der Waals surface area contributed by atoms with Crippen molar-refractivity contribution in [2.75, 3.05) is 38.6 Å². The fraction of sp³-hybridized carbons (Fsp3) is 0.933. The molecule has 0 saturated carbocycles. The van der Waals surface area contributed by atoms with Crippen LogP contribution in [0, 0.1) is 5.41 Å². The van der Waals surface area contributed by atoms with Crippen LogP contribution in [0.3, 0.4) is 0 Å². The molecule has 22 heavy (non-hydrogen) atoms. The predicted molar refractivity (Wildman–Crippen MR) is 82.9 cm³/mol. The van der Waals surface area contributed by atoms with E-state index in [0.29, 0.717) is 19.5 Å². The highest BCUT2D eigenvalue weighted by Crippen LogP contribution is 2.42. The van der Waals surface area contributed by atoms with Crippen molar-refractivity contribution in [3.63, 3.8) is 0 Å². The monoisotopic (exact) mass is 330 g/mol. The van der Waals surface area contributed by atoms with Crippen LogP contribution in [0.15, 0.2) is 0 Å². The second-order valence-electron chi connectivity index (χ2n) is 6.71. The molecule has 3 fully saturated rings. The maximum atomic E-state index is 13.1. The third-order valence-corrected chi connectivity index (χ3v) is 7.31. The minimum atomic E-state index is -3.20. The lowest BCUT2D eigenvalue weighted by Crippen LogP contribution is -2.55. The molecule has 0 N–H and O–H groups in total. The Kier molecular flexibility index (Phi) is 4.49. The number of hydrogen-bond acceptors (Lipinski definition) is 4. The number of carbonyl (C=O) groups excluding carboxylic acids is 1. The van der Waals surface area contributed by atoms with Crippen LogP contribution < -0.4 is 0 Å². The molecule has 126 valence electrons. The number of nitrogens with zero attached hydrogens (tertiary/aromatic N) is 2. The van der Waals surface area contributed by atoms with Crippen LogP contribution in [0.5, 0.6) is 0 Å². The molecule has 1 amide bonds. The number of sulfonamides is 1. The van der Waals surface area contributed by atoms with E-state index in [1.54, 1.807) is 6.92 Å². The summed E-state index contributed by atoms with van der Waals surface area (Å²) >= 11 is 0. The van der Waals surface area contributed by atoms with Crippen molar-refractivity contribution in [1.82, 2.24) is 9.21 Å². The predicted octanol–water partition coefficient (Wildman–Crippen LogP) is 0.830. The first-order chi connectivity index (χ1) is 10.5. The third-order valence-electron chi connectivity index (χ3n) is 5.48. The molecule has 7 heteroatoms. The Balaban J connectivity index is 1.75. The maximum Gasteiger partial charge on any atom is 0.230 e. The number of piperidine rings is 1. The van der Waals surface area contributed by atoms with E-state index >= 15 is 0 Å². The van der Waals surface area contributed by atoms with E-state index in [0.717, 1.165) is 45.4 Å². The lowest BCUT2D eigenvalue weighted by molar-refractivity contribution is -0.150. The number of ether oxygens (including phenoxy) is 1. The van der Waals surface area contributed by atoms with Crippen molar-refractivity contribution in [2.45, 2.75) is 45.1 Å². The van der Waals surface area contributed by atoms with Crippen LogP contribution in [-0.2, 0) is 19.6 Å². The van der Waals surface area contributed by atoms with Gasteiger partial charge in [-0.3, -0.25) is 4.79 Å². The molecule has 3 aliphatic heterocycles. The van der Waals surface area contributed by atoms with Gasteiger partial charge in [-0.15, -0.1) is 0 Å². The first-order valence-corrected chi connectivity index (χ1v) is 9.96. The topological polar surface area (TPSA) is 66.9 Å². The van der Waals surface area contributed by atoms with E-state index in [-0.39, 0.29) is 17.7 Å². The summed E-state index contributed by atoms with van der Waals surface area (Å²) in [6.45, 7) is 4.78. The summed E-state index contributed by atoms with van der Waals surface area (Å²) in [4.78, 5) is 15.1. The third kappa shape index (κ3) is 2.78. The molecule has 3 heterocycles. The summed E-state index contributed by atoms with van der Waals surface area (Å²) in [5.41, 5.74) is -0.473. The Morgan fingerprint density at radius 3 is 2.64 bits per heavy atom. The summed E-state index contributed by atoms with van der Waals surface area (Å²) < 4.78 is 31.1. The molecule has 0 aromatic heterocycles. The van der Waals surface area contributed by atoms with E-state index in [9.17, 15) is 13.2 Å². The highest BCUT2D eigenvalue weighted by Gasteiger charge is 2.51. The van der Waals surface area contributed by atoms with Gasteiger partial charge in [0.1, 0.15) is 0 Å². The molecule has 1 atom stereocenters. The largest absolute Gasteiger partial charge is 0.381 e. The average Bonchev–Trinajstić information content (AvgIpc) is 2.97. The van der Waals surface area contributed by atoms with E-state index in [1.165, 1.54) is 4.31 Å². The van der Waals surface area contributed by atoms with Crippen molar-refractivity contribution in [3.8, 4) is 0 Å². The minimum Gasteiger partial charge on any atom is -0.381 e. The van der Waals surface area contributed by atoms with Gasteiger partial charge in [-0.25, -0.2) is 12.7 Å². The van der Waals surface area contributed by atoms with Crippen LogP contribution in [0.2, 0.25) is 0 Å². The summed E-state index contributed by atoms with van der Waals surface area (Å²) in [6, 6.07) is 0.273. The molecule has 3 aliphatic rings. The lowest BCUT2D eigenvalue weighted by Gasteiger charge is -2.44. The zero-order valence-corrected chi connectivity index (χ0v) is 14.1. The molecule has 3 rings (SSSR count). The van der Waals surface area contributed by atoms with Gasteiger partial charge in [0.2, 0.25) is 15.9 Å². The van der Waals surface area contributed by atoms with Crippen molar-refractivity contribution in [1.29, 1.82) is 0 Å². The van der Waals surface area contributed by atoms with Gasteiger partial charge in [-0.05, 0) is 39.0 Å². The van der Waals surface area contributed by atoms with Gasteiger partial charge in [-0.2, -0.15) is 0 Å². The van der Waals surface area contributed by atoms with Crippen LogP contribution in [0.25, 0.3) is 0 Å². The zero-order valence-electron chi connectivity index (χ0n) is 13.3. The van der Waals surface area contributed by atoms with Crippen molar-refractivity contribution >= 4 is 15.9 Å². The smallest absolute Gasteiger partial charge is 0.230 e. The second kappa shape index (κ2) is 6.09. The van der Waals surface area contributed by atoms with Crippen LogP contribution in [-0.4, -0.2) is 68.2 Å². The lowest BCUT2D eigenvalue weighted by atomic mass is 9.77. The fourth-order valence-electron chi connectivity index (χ4n) is 4.08. The number of carbonyl (C=O) groups is 1. The standard InChI is InChI=1S/C15H26N2O4S/c1-2-22(19,20)16-9-7-15(12-16)6-3-8-17(14(15)18)13-4-10-21-11-5-13/h13H,2-12H2,1H3/t15-/m1/s1. The quantitative estimate of drug-likeness (QED) is 0.769. The van der Waals surface area contributed by atoms with Gasteiger partial charge >= 0.3 is 0 Å². The summed E-state index contributed by atoms with van der Waals surface area (Å²) in [5.74, 6) is 0.292. The Morgan fingerprint density at radius 2 is 1.95 bits per heavy atom. The molecular weight excluding hydrogens is 304 g/mol. The molecule has 0 unspecified atom stereocenters. The SMILES string of the molecule is CCS(=O)(=O)N1CC[C@]2(CCCN(C3CCOCC3)C2=O)C1. The van der Waals surface area contributed by atoms with Gasteiger partial charge in [0.05, 0.1) is 11.2 Å². The second-order valence-corrected chi connectivity index (χ2v) is 8.97. The van der Waals surface area contributed by atoms with Gasteiger partial charge in [0.25, 0.3) is 0 Å². The van der Waals surface area contributed by atoms with Crippen molar-refractivity contribution in [2.24, 2.45) is 5.41 Å². The molecular formula is C15H26N2O4S.